The highest BCUT2D eigenvalue weighted by Crippen LogP contribution is 2.23. The van der Waals surface area contributed by atoms with Crippen LogP contribution in [0.25, 0.3) is 0 Å². The topological polar surface area (TPSA) is 126 Å². The van der Waals surface area contributed by atoms with E-state index in [0.29, 0.717) is 0 Å². The van der Waals surface area contributed by atoms with Gasteiger partial charge in [0.1, 0.15) is 5.25 Å². The van der Waals surface area contributed by atoms with Crippen molar-refractivity contribution in [3.63, 3.8) is 0 Å². The van der Waals surface area contributed by atoms with Crippen LogP contribution in [0.2, 0.25) is 0 Å². The Morgan fingerprint density at radius 2 is 1.82 bits per heavy atom. The zero-order chi connectivity index (χ0) is 16.5. The van der Waals surface area contributed by atoms with Gasteiger partial charge in [-0.1, -0.05) is 30.4 Å². The quantitative estimate of drug-likeness (QED) is 0.622. The second kappa shape index (κ2) is 5.76. The van der Waals surface area contributed by atoms with Gasteiger partial charge in [0.25, 0.3) is 20.2 Å². The lowest BCUT2D eigenvalue weighted by molar-refractivity contribution is 0.103. The molecule has 0 heterocycles. The zero-order valence-corrected chi connectivity index (χ0v) is 12.7. The molecule has 118 valence electrons. The SMILES string of the molecule is O=C(C1=CC=CC(S(=O)(=O)O)C1)c1cccc(S(=O)(=O)O)c1. The van der Waals surface area contributed by atoms with E-state index in [1.54, 1.807) is 0 Å². The Bertz CT molecular complexity index is 877. The molecular weight excluding hydrogens is 332 g/mol. The lowest BCUT2D eigenvalue weighted by Gasteiger charge is -2.15. The predicted octanol–water partition coefficient (Wildman–Crippen LogP) is 1.26. The third-order valence-corrected chi connectivity index (χ3v) is 5.05. The van der Waals surface area contributed by atoms with E-state index in [4.69, 9.17) is 9.11 Å². The van der Waals surface area contributed by atoms with Crippen LogP contribution in [0.3, 0.4) is 0 Å². The van der Waals surface area contributed by atoms with Crippen molar-refractivity contribution in [2.45, 2.75) is 16.6 Å². The highest BCUT2D eigenvalue weighted by molar-refractivity contribution is 7.86. The summed E-state index contributed by atoms with van der Waals surface area (Å²) in [6, 6.07) is 4.76. The number of Topliss-reactive ketones (excluding diaryl/α,β-unsaturated/α-hetero) is 1. The normalized spacial score (nSPS) is 18.8. The van der Waals surface area contributed by atoms with Gasteiger partial charge in [-0.05, 0) is 18.6 Å². The Kier molecular flexibility index (Phi) is 4.34. The van der Waals surface area contributed by atoms with Crippen molar-refractivity contribution in [3.8, 4) is 0 Å². The van der Waals surface area contributed by atoms with E-state index in [1.807, 2.05) is 0 Å². The van der Waals surface area contributed by atoms with E-state index in [1.165, 1.54) is 30.4 Å². The molecule has 1 atom stereocenters. The molecule has 1 unspecified atom stereocenters. The maximum atomic E-state index is 12.3. The van der Waals surface area contributed by atoms with Gasteiger partial charge in [-0.25, -0.2) is 0 Å². The molecule has 0 aromatic heterocycles. The van der Waals surface area contributed by atoms with Gasteiger partial charge in [-0.2, -0.15) is 16.8 Å². The standard InChI is InChI=1S/C13H12O7S2/c14-13(9-3-1-5-11(7-9)21(15,16)17)10-4-2-6-12(8-10)22(18,19)20/h1-7,12H,8H2,(H,15,16,17)(H,18,19,20). The summed E-state index contributed by atoms with van der Waals surface area (Å²) in [5.74, 6) is -0.580. The summed E-state index contributed by atoms with van der Waals surface area (Å²) in [7, 11) is -8.77. The van der Waals surface area contributed by atoms with Crippen LogP contribution in [-0.2, 0) is 20.2 Å². The first kappa shape index (κ1) is 16.6. The summed E-state index contributed by atoms with van der Waals surface area (Å²) >= 11 is 0. The van der Waals surface area contributed by atoms with Crippen LogP contribution >= 0.6 is 0 Å². The van der Waals surface area contributed by atoms with Crippen LogP contribution in [-0.4, -0.2) is 37.0 Å². The van der Waals surface area contributed by atoms with Crippen molar-refractivity contribution in [2.75, 3.05) is 0 Å². The molecule has 1 aliphatic rings. The molecule has 2 N–H and O–H groups in total. The minimum Gasteiger partial charge on any atom is -0.289 e. The number of carbonyl (C=O) groups excluding carboxylic acids is 1. The van der Waals surface area contributed by atoms with Crippen molar-refractivity contribution < 1.29 is 30.7 Å². The molecule has 9 heteroatoms. The van der Waals surface area contributed by atoms with Crippen LogP contribution in [0.1, 0.15) is 16.8 Å². The minimum atomic E-state index is -4.45. The Balaban J connectivity index is 2.34. The predicted molar refractivity (Wildman–Crippen MR) is 77.8 cm³/mol. The first-order valence-electron chi connectivity index (χ1n) is 6.05. The highest BCUT2D eigenvalue weighted by atomic mass is 32.2. The van der Waals surface area contributed by atoms with Gasteiger partial charge in [0.05, 0.1) is 4.90 Å². The fourth-order valence-electron chi connectivity index (χ4n) is 2.00. The van der Waals surface area contributed by atoms with E-state index in [9.17, 15) is 21.6 Å². The molecule has 0 fully saturated rings. The lowest BCUT2D eigenvalue weighted by Crippen LogP contribution is -2.22. The first-order chi connectivity index (χ1) is 10.1. The minimum absolute atomic E-state index is 0.00855. The molecule has 7 nitrogen and oxygen atoms in total. The number of ketones is 1. The molecular formula is C13H12O7S2. The average Bonchev–Trinajstić information content (AvgIpc) is 2.45. The summed E-state index contributed by atoms with van der Waals surface area (Å²) in [5, 5.41) is -1.22. The van der Waals surface area contributed by atoms with Gasteiger partial charge in [0.15, 0.2) is 5.78 Å². The molecule has 0 amide bonds. The maximum Gasteiger partial charge on any atom is 0.294 e. The highest BCUT2D eigenvalue weighted by Gasteiger charge is 2.26. The summed E-state index contributed by atoms with van der Waals surface area (Å²) < 4.78 is 62.4. The van der Waals surface area contributed by atoms with E-state index < -0.39 is 36.2 Å². The van der Waals surface area contributed by atoms with Crippen molar-refractivity contribution in [1.29, 1.82) is 0 Å². The Morgan fingerprint density at radius 3 is 2.41 bits per heavy atom. The van der Waals surface area contributed by atoms with Crippen LogP contribution in [0.4, 0.5) is 0 Å². The van der Waals surface area contributed by atoms with Gasteiger partial charge < -0.3 is 0 Å². The van der Waals surface area contributed by atoms with Crippen LogP contribution < -0.4 is 0 Å². The summed E-state index contributed by atoms with van der Waals surface area (Å²) in [5.41, 5.74) is 0.100. The van der Waals surface area contributed by atoms with Crippen molar-refractivity contribution in [1.82, 2.24) is 0 Å². The molecule has 22 heavy (non-hydrogen) atoms. The number of benzene rings is 1. The molecule has 0 bridgehead atoms. The second-order valence-corrected chi connectivity index (χ2v) is 7.72. The van der Waals surface area contributed by atoms with Gasteiger partial charge in [-0.3, -0.25) is 13.9 Å². The Hall–Kier alpha value is -1.81. The molecule has 0 saturated heterocycles. The molecule has 2 rings (SSSR count). The van der Waals surface area contributed by atoms with Gasteiger partial charge in [0, 0.05) is 11.1 Å². The van der Waals surface area contributed by atoms with Crippen molar-refractivity contribution in [3.05, 3.63) is 53.6 Å². The van der Waals surface area contributed by atoms with Crippen LogP contribution in [0.5, 0.6) is 0 Å². The molecule has 1 aliphatic carbocycles. The monoisotopic (exact) mass is 344 g/mol. The molecule has 0 spiro atoms. The second-order valence-electron chi connectivity index (χ2n) is 4.67. The van der Waals surface area contributed by atoms with Gasteiger partial charge in [0.2, 0.25) is 0 Å². The third-order valence-electron chi connectivity index (χ3n) is 3.11. The van der Waals surface area contributed by atoms with Crippen LogP contribution in [0, 0.1) is 0 Å². The van der Waals surface area contributed by atoms with Crippen molar-refractivity contribution >= 4 is 26.0 Å². The van der Waals surface area contributed by atoms with E-state index in [-0.39, 0.29) is 17.6 Å². The number of rotatable bonds is 4. The number of hydrogen-bond donors (Lipinski definition) is 2. The fraction of sp³-hybridized carbons (Fsp3) is 0.154. The van der Waals surface area contributed by atoms with Gasteiger partial charge >= 0.3 is 0 Å². The Labute approximate surface area is 127 Å². The van der Waals surface area contributed by atoms with Gasteiger partial charge in [-0.15, -0.1) is 0 Å². The van der Waals surface area contributed by atoms with Crippen molar-refractivity contribution in [2.24, 2.45) is 0 Å². The molecule has 0 radical (unpaired) electrons. The molecule has 0 saturated carbocycles. The summed E-state index contributed by atoms with van der Waals surface area (Å²) in [6.07, 6.45) is 3.76. The first-order valence-corrected chi connectivity index (χ1v) is 8.99. The Morgan fingerprint density at radius 1 is 1.14 bits per heavy atom. The largest absolute Gasteiger partial charge is 0.294 e. The molecule has 1 aromatic rings. The van der Waals surface area contributed by atoms with E-state index in [0.717, 1.165) is 12.1 Å². The summed E-state index contributed by atoms with van der Waals surface area (Å²) in [6.45, 7) is 0. The molecule has 1 aromatic carbocycles. The smallest absolute Gasteiger partial charge is 0.289 e. The number of carbonyl (C=O) groups is 1. The number of hydrogen-bond acceptors (Lipinski definition) is 5. The fourth-order valence-corrected chi connectivity index (χ4v) is 3.21. The van der Waals surface area contributed by atoms with E-state index >= 15 is 0 Å². The van der Waals surface area contributed by atoms with E-state index in [2.05, 4.69) is 0 Å². The lowest BCUT2D eigenvalue weighted by atomic mass is 9.96. The zero-order valence-electron chi connectivity index (χ0n) is 11.1. The average molecular weight is 344 g/mol. The molecule has 0 aliphatic heterocycles. The van der Waals surface area contributed by atoms with Crippen LogP contribution in [0.15, 0.2) is 53.0 Å². The third kappa shape index (κ3) is 3.69. The maximum absolute atomic E-state index is 12.3. The summed E-state index contributed by atoms with van der Waals surface area (Å²) in [4.78, 5) is 11.9. The number of allylic oxidation sites excluding steroid dienone is 3.